The minimum Gasteiger partial charge on any atom is -0.398 e. The van der Waals surface area contributed by atoms with Gasteiger partial charge in [0, 0.05) is 41.1 Å². The summed E-state index contributed by atoms with van der Waals surface area (Å²) in [5.74, 6) is -0.186. The standard InChI is InChI=1S/C21H21N3OS/c1-24(18-5-3-2-4-6-18)14-15-7-10-17(11-8-15)23-21(25)16-9-12-19(22)20(26)13-16/h2-13,26H,14,22H2,1H3,(H,23,25). The molecular weight excluding hydrogens is 342 g/mol. The van der Waals surface area contributed by atoms with Crippen molar-refractivity contribution in [2.45, 2.75) is 11.4 Å². The number of anilines is 3. The van der Waals surface area contributed by atoms with Crippen molar-refractivity contribution in [1.29, 1.82) is 0 Å². The van der Waals surface area contributed by atoms with Gasteiger partial charge in [0.1, 0.15) is 0 Å². The Bertz CT molecular complexity index is 895. The first-order chi connectivity index (χ1) is 12.5. The van der Waals surface area contributed by atoms with E-state index in [-0.39, 0.29) is 5.91 Å². The number of hydrogen-bond donors (Lipinski definition) is 3. The third-order valence-corrected chi connectivity index (χ3v) is 4.51. The molecule has 3 aromatic carbocycles. The summed E-state index contributed by atoms with van der Waals surface area (Å²) in [4.78, 5) is 15.1. The SMILES string of the molecule is CN(Cc1ccc(NC(=O)c2ccc(N)c(S)c2)cc1)c1ccccc1. The van der Waals surface area contributed by atoms with Crippen LogP contribution in [0.15, 0.2) is 77.7 Å². The quantitative estimate of drug-likeness (QED) is 0.464. The highest BCUT2D eigenvalue weighted by atomic mass is 32.1. The molecule has 3 aromatic rings. The van der Waals surface area contributed by atoms with Gasteiger partial charge in [0.2, 0.25) is 0 Å². The highest BCUT2D eigenvalue weighted by molar-refractivity contribution is 7.80. The molecule has 0 bridgehead atoms. The van der Waals surface area contributed by atoms with Crippen LogP contribution in [0.25, 0.3) is 0 Å². The number of rotatable bonds is 5. The van der Waals surface area contributed by atoms with Crippen LogP contribution in [0.5, 0.6) is 0 Å². The number of para-hydroxylation sites is 1. The van der Waals surface area contributed by atoms with Crippen LogP contribution < -0.4 is 16.0 Å². The average molecular weight is 363 g/mol. The molecule has 0 saturated carbocycles. The summed E-state index contributed by atoms with van der Waals surface area (Å²) >= 11 is 4.25. The Morgan fingerprint density at radius 3 is 2.38 bits per heavy atom. The van der Waals surface area contributed by atoms with Gasteiger partial charge in [-0.15, -0.1) is 12.6 Å². The van der Waals surface area contributed by atoms with Gasteiger partial charge in [-0.1, -0.05) is 30.3 Å². The lowest BCUT2D eigenvalue weighted by molar-refractivity contribution is 0.102. The molecule has 0 spiro atoms. The maximum absolute atomic E-state index is 12.3. The van der Waals surface area contributed by atoms with Gasteiger partial charge in [-0.3, -0.25) is 4.79 Å². The predicted molar refractivity (Wildman–Crippen MR) is 111 cm³/mol. The second kappa shape index (κ2) is 7.97. The second-order valence-electron chi connectivity index (χ2n) is 6.12. The molecule has 1 amide bonds. The number of hydrogen-bond acceptors (Lipinski definition) is 4. The Morgan fingerprint density at radius 1 is 1.04 bits per heavy atom. The molecule has 4 nitrogen and oxygen atoms in total. The summed E-state index contributed by atoms with van der Waals surface area (Å²) in [6.45, 7) is 0.791. The van der Waals surface area contributed by atoms with Gasteiger partial charge in [0.15, 0.2) is 0 Å². The first-order valence-electron chi connectivity index (χ1n) is 8.28. The van der Waals surface area contributed by atoms with E-state index in [1.807, 2.05) is 42.5 Å². The maximum Gasteiger partial charge on any atom is 0.255 e. The summed E-state index contributed by atoms with van der Waals surface area (Å²) in [6, 6.07) is 23.1. The van der Waals surface area contributed by atoms with E-state index in [0.717, 1.165) is 17.9 Å². The molecule has 0 fully saturated rings. The van der Waals surface area contributed by atoms with Gasteiger partial charge in [-0.2, -0.15) is 0 Å². The van der Waals surface area contributed by atoms with Gasteiger partial charge in [0.05, 0.1) is 0 Å². The molecular formula is C21H21N3OS. The van der Waals surface area contributed by atoms with E-state index in [2.05, 4.69) is 42.0 Å². The van der Waals surface area contributed by atoms with Crippen LogP contribution in [-0.4, -0.2) is 13.0 Å². The topological polar surface area (TPSA) is 58.4 Å². The van der Waals surface area contributed by atoms with Crippen LogP contribution in [0, 0.1) is 0 Å². The van der Waals surface area contributed by atoms with Crippen LogP contribution in [0.2, 0.25) is 0 Å². The molecule has 0 aliphatic carbocycles. The largest absolute Gasteiger partial charge is 0.398 e. The first-order valence-corrected chi connectivity index (χ1v) is 8.72. The van der Waals surface area contributed by atoms with Gasteiger partial charge >= 0.3 is 0 Å². The number of carbonyl (C=O) groups is 1. The van der Waals surface area contributed by atoms with Crippen molar-refractivity contribution in [3.63, 3.8) is 0 Å². The van der Waals surface area contributed by atoms with Crippen molar-refractivity contribution in [3.8, 4) is 0 Å². The number of amides is 1. The molecule has 5 heteroatoms. The van der Waals surface area contributed by atoms with Gasteiger partial charge < -0.3 is 16.0 Å². The number of nitrogens with zero attached hydrogens (tertiary/aromatic N) is 1. The highest BCUT2D eigenvalue weighted by Gasteiger charge is 2.08. The van der Waals surface area contributed by atoms with Crippen LogP contribution >= 0.6 is 12.6 Å². The maximum atomic E-state index is 12.3. The Kier molecular flexibility index (Phi) is 5.49. The normalized spacial score (nSPS) is 10.4. The molecule has 0 radical (unpaired) electrons. The average Bonchev–Trinajstić information content (AvgIpc) is 2.66. The van der Waals surface area contributed by atoms with E-state index in [1.54, 1.807) is 18.2 Å². The van der Waals surface area contributed by atoms with E-state index in [0.29, 0.717) is 16.1 Å². The summed E-state index contributed by atoms with van der Waals surface area (Å²) in [6.07, 6.45) is 0. The molecule has 132 valence electrons. The number of carbonyl (C=O) groups excluding carboxylic acids is 1. The second-order valence-corrected chi connectivity index (χ2v) is 6.60. The van der Waals surface area contributed by atoms with E-state index < -0.39 is 0 Å². The summed E-state index contributed by atoms with van der Waals surface area (Å²) in [5, 5.41) is 2.89. The third-order valence-electron chi connectivity index (χ3n) is 4.12. The molecule has 0 atom stereocenters. The fraction of sp³-hybridized carbons (Fsp3) is 0.0952. The number of nitrogen functional groups attached to an aromatic ring is 1. The molecule has 0 unspecified atom stereocenters. The monoisotopic (exact) mass is 363 g/mol. The summed E-state index contributed by atoms with van der Waals surface area (Å²) in [5.41, 5.74) is 9.88. The Morgan fingerprint density at radius 2 is 1.73 bits per heavy atom. The molecule has 3 N–H and O–H groups in total. The van der Waals surface area contributed by atoms with Crippen LogP contribution in [0.1, 0.15) is 15.9 Å². The molecule has 26 heavy (non-hydrogen) atoms. The lowest BCUT2D eigenvalue weighted by Crippen LogP contribution is -2.16. The van der Waals surface area contributed by atoms with Gasteiger partial charge in [-0.25, -0.2) is 0 Å². The van der Waals surface area contributed by atoms with E-state index in [9.17, 15) is 4.79 Å². The zero-order valence-electron chi connectivity index (χ0n) is 14.5. The lowest BCUT2D eigenvalue weighted by Gasteiger charge is -2.19. The number of nitrogens with one attached hydrogen (secondary N) is 1. The summed E-state index contributed by atoms with van der Waals surface area (Å²) < 4.78 is 0. The number of benzene rings is 3. The third kappa shape index (κ3) is 4.37. The van der Waals surface area contributed by atoms with Crippen molar-refractivity contribution in [1.82, 2.24) is 0 Å². The molecule has 3 rings (SSSR count). The lowest BCUT2D eigenvalue weighted by atomic mass is 10.1. The molecule has 0 saturated heterocycles. The molecule has 0 heterocycles. The smallest absolute Gasteiger partial charge is 0.255 e. The zero-order valence-corrected chi connectivity index (χ0v) is 15.4. The minimum atomic E-state index is -0.186. The molecule has 0 aromatic heterocycles. The van der Waals surface area contributed by atoms with E-state index in [1.165, 1.54) is 5.56 Å². The Hall–Kier alpha value is -2.92. The van der Waals surface area contributed by atoms with Gasteiger partial charge in [-0.05, 0) is 48.0 Å². The predicted octanol–water partition coefficient (Wildman–Crippen LogP) is 4.45. The van der Waals surface area contributed by atoms with E-state index in [4.69, 9.17) is 5.73 Å². The van der Waals surface area contributed by atoms with E-state index >= 15 is 0 Å². The fourth-order valence-corrected chi connectivity index (χ4v) is 2.84. The zero-order chi connectivity index (χ0) is 18.5. The van der Waals surface area contributed by atoms with Crippen molar-refractivity contribution in [3.05, 3.63) is 83.9 Å². The van der Waals surface area contributed by atoms with Crippen molar-refractivity contribution in [2.75, 3.05) is 23.0 Å². The van der Waals surface area contributed by atoms with Crippen LogP contribution in [0.3, 0.4) is 0 Å². The Labute approximate surface area is 159 Å². The Balaban J connectivity index is 1.64. The fourth-order valence-electron chi connectivity index (χ4n) is 2.63. The molecule has 0 aliphatic heterocycles. The molecule has 0 aliphatic rings. The number of nitrogens with two attached hydrogens (primary N) is 1. The first kappa shape index (κ1) is 17.9. The number of thiol groups is 1. The van der Waals surface area contributed by atoms with Crippen molar-refractivity contribution in [2.24, 2.45) is 0 Å². The van der Waals surface area contributed by atoms with Gasteiger partial charge in [0.25, 0.3) is 5.91 Å². The summed E-state index contributed by atoms with van der Waals surface area (Å²) in [7, 11) is 2.06. The van der Waals surface area contributed by atoms with Crippen molar-refractivity contribution >= 4 is 35.6 Å². The van der Waals surface area contributed by atoms with Crippen molar-refractivity contribution < 1.29 is 4.79 Å². The van der Waals surface area contributed by atoms with Crippen LogP contribution in [0.4, 0.5) is 17.1 Å². The highest BCUT2D eigenvalue weighted by Crippen LogP contribution is 2.20. The minimum absolute atomic E-state index is 0.186. The van der Waals surface area contributed by atoms with Crippen LogP contribution in [-0.2, 0) is 6.54 Å².